The summed E-state index contributed by atoms with van der Waals surface area (Å²) < 4.78 is 12.2. The maximum absolute atomic E-state index is 12.4. The fourth-order valence-corrected chi connectivity index (χ4v) is 2.99. The number of imidazole rings is 1. The van der Waals surface area contributed by atoms with Crippen LogP contribution in [0.1, 0.15) is 10.4 Å². The summed E-state index contributed by atoms with van der Waals surface area (Å²) in [4.78, 5) is 17.0. The van der Waals surface area contributed by atoms with E-state index in [9.17, 15) is 4.79 Å². The van der Waals surface area contributed by atoms with Gasteiger partial charge in [-0.2, -0.15) is 5.10 Å². The molecule has 0 spiro atoms. The highest BCUT2D eigenvalue weighted by Crippen LogP contribution is 2.26. The number of pyridine rings is 1. The van der Waals surface area contributed by atoms with Crippen molar-refractivity contribution in [2.45, 2.75) is 0 Å². The maximum Gasteiger partial charge on any atom is 0.256 e. The first-order valence-electron chi connectivity index (χ1n) is 8.31. The predicted molar refractivity (Wildman–Crippen MR) is 105 cm³/mol. The van der Waals surface area contributed by atoms with E-state index in [0.29, 0.717) is 33.5 Å². The molecule has 0 bridgehead atoms. The molecule has 0 radical (unpaired) electrons. The number of nitrogens with one attached hydrogen (secondary N) is 2. The van der Waals surface area contributed by atoms with E-state index < -0.39 is 0 Å². The first-order valence-corrected chi connectivity index (χ1v) is 8.68. The molecule has 0 saturated heterocycles. The van der Waals surface area contributed by atoms with Crippen LogP contribution >= 0.6 is 11.6 Å². The first kappa shape index (κ1) is 17.9. The highest BCUT2D eigenvalue weighted by molar-refractivity contribution is 6.32. The van der Waals surface area contributed by atoms with Crippen LogP contribution < -0.4 is 14.8 Å². The molecule has 8 nitrogen and oxygen atoms in total. The average Bonchev–Trinajstić information content (AvgIpc) is 3.33. The molecular formula is C19H16ClN5O3. The molecule has 0 aliphatic carbocycles. The molecule has 142 valence electrons. The number of rotatable bonds is 5. The largest absolute Gasteiger partial charge is 0.497 e. The number of ether oxygens (including phenoxy) is 2. The van der Waals surface area contributed by atoms with Crippen molar-refractivity contribution in [3.8, 4) is 22.9 Å². The molecular weight excluding hydrogens is 382 g/mol. The minimum atomic E-state index is -0.331. The third-order valence-corrected chi connectivity index (χ3v) is 4.47. The molecule has 28 heavy (non-hydrogen) atoms. The minimum absolute atomic E-state index is 0.331. The zero-order chi connectivity index (χ0) is 19.7. The molecule has 1 amide bonds. The Balaban J connectivity index is 1.54. The van der Waals surface area contributed by atoms with Gasteiger partial charge in [0.1, 0.15) is 22.8 Å². The Morgan fingerprint density at radius 1 is 1.18 bits per heavy atom. The van der Waals surface area contributed by atoms with Gasteiger partial charge in [0.2, 0.25) is 0 Å². The summed E-state index contributed by atoms with van der Waals surface area (Å²) in [5.74, 6) is 1.27. The number of aromatic amines is 1. The van der Waals surface area contributed by atoms with Crippen LogP contribution in [0.5, 0.6) is 11.5 Å². The zero-order valence-electron chi connectivity index (χ0n) is 15.1. The minimum Gasteiger partial charge on any atom is -0.497 e. The SMILES string of the molecule is COc1ccn2cc(-c3cc(NC(=O)c4ccc(OC)c(Cl)c4)n[nH]3)nc2c1. The Kier molecular flexibility index (Phi) is 4.62. The van der Waals surface area contributed by atoms with Gasteiger partial charge in [-0.25, -0.2) is 4.98 Å². The van der Waals surface area contributed by atoms with Gasteiger partial charge in [0.05, 0.1) is 24.9 Å². The molecule has 0 saturated carbocycles. The fraction of sp³-hybridized carbons (Fsp3) is 0.105. The van der Waals surface area contributed by atoms with Crippen LogP contribution in [0, 0.1) is 0 Å². The van der Waals surface area contributed by atoms with Crippen LogP contribution in [-0.2, 0) is 0 Å². The molecule has 0 fully saturated rings. The van der Waals surface area contributed by atoms with Crippen molar-refractivity contribution in [3.05, 3.63) is 59.4 Å². The van der Waals surface area contributed by atoms with E-state index in [-0.39, 0.29) is 5.91 Å². The second-order valence-corrected chi connectivity index (χ2v) is 6.34. The summed E-state index contributed by atoms with van der Waals surface area (Å²) >= 11 is 6.07. The van der Waals surface area contributed by atoms with E-state index >= 15 is 0 Å². The van der Waals surface area contributed by atoms with E-state index in [2.05, 4.69) is 20.5 Å². The maximum atomic E-state index is 12.4. The van der Waals surface area contributed by atoms with E-state index in [0.717, 1.165) is 11.4 Å². The summed E-state index contributed by atoms with van der Waals surface area (Å²) in [5, 5.41) is 10.1. The Bertz CT molecular complexity index is 1170. The Hall–Kier alpha value is -3.52. The molecule has 9 heteroatoms. The number of hydrogen-bond donors (Lipinski definition) is 2. The number of anilines is 1. The highest BCUT2D eigenvalue weighted by atomic mass is 35.5. The van der Waals surface area contributed by atoms with Crippen molar-refractivity contribution in [2.24, 2.45) is 0 Å². The van der Waals surface area contributed by atoms with E-state index in [1.54, 1.807) is 31.4 Å². The summed E-state index contributed by atoms with van der Waals surface area (Å²) in [7, 11) is 3.12. The van der Waals surface area contributed by atoms with Gasteiger partial charge in [-0.05, 0) is 24.3 Å². The molecule has 4 rings (SSSR count). The third kappa shape index (κ3) is 3.37. The van der Waals surface area contributed by atoms with Crippen molar-refractivity contribution in [1.29, 1.82) is 0 Å². The zero-order valence-corrected chi connectivity index (χ0v) is 15.8. The highest BCUT2D eigenvalue weighted by Gasteiger charge is 2.13. The van der Waals surface area contributed by atoms with E-state index in [1.165, 1.54) is 7.11 Å². The van der Waals surface area contributed by atoms with Crippen molar-refractivity contribution in [3.63, 3.8) is 0 Å². The van der Waals surface area contributed by atoms with Gasteiger partial charge in [-0.1, -0.05) is 11.6 Å². The molecule has 0 aliphatic rings. The second-order valence-electron chi connectivity index (χ2n) is 5.93. The number of nitrogens with zero attached hydrogens (tertiary/aromatic N) is 3. The van der Waals surface area contributed by atoms with Gasteiger partial charge in [-0.15, -0.1) is 0 Å². The monoisotopic (exact) mass is 397 g/mol. The molecule has 0 atom stereocenters. The van der Waals surface area contributed by atoms with Gasteiger partial charge >= 0.3 is 0 Å². The number of aromatic nitrogens is 4. The standard InChI is InChI=1S/C19H16ClN5O3/c1-27-12-5-6-25-10-15(21-18(25)8-12)14-9-17(24-23-14)22-19(26)11-3-4-16(28-2)13(20)7-11/h3-10H,1-2H3,(H2,22,23,24,26). The number of hydrogen-bond acceptors (Lipinski definition) is 5. The Morgan fingerprint density at radius 3 is 2.79 bits per heavy atom. The first-order chi connectivity index (χ1) is 13.6. The van der Waals surface area contributed by atoms with Crippen LogP contribution in [-0.4, -0.2) is 39.7 Å². The quantitative estimate of drug-likeness (QED) is 0.536. The smallest absolute Gasteiger partial charge is 0.256 e. The summed E-state index contributed by atoms with van der Waals surface area (Å²) in [5.41, 5.74) is 2.50. The Labute approximate surface area is 165 Å². The number of methoxy groups -OCH3 is 2. The molecule has 2 N–H and O–H groups in total. The van der Waals surface area contributed by atoms with Crippen LogP contribution in [0.15, 0.2) is 48.8 Å². The normalized spacial score (nSPS) is 10.8. The van der Waals surface area contributed by atoms with Crippen molar-refractivity contribution in [1.82, 2.24) is 19.6 Å². The summed E-state index contributed by atoms with van der Waals surface area (Å²) in [6, 6.07) is 10.2. The number of carbonyl (C=O) groups is 1. The molecule has 1 aromatic carbocycles. The number of halogens is 1. The number of H-pyrrole nitrogens is 1. The van der Waals surface area contributed by atoms with Crippen LogP contribution in [0.2, 0.25) is 5.02 Å². The van der Waals surface area contributed by atoms with Crippen molar-refractivity contribution in [2.75, 3.05) is 19.5 Å². The van der Waals surface area contributed by atoms with Crippen molar-refractivity contribution >= 4 is 29.0 Å². The fourth-order valence-electron chi connectivity index (χ4n) is 2.73. The number of fused-ring (bicyclic) bond motifs is 1. The number of carbonyl (C=O) groups excluding carboxylic acids is 1. The lowest BCUT2D eigenvalue weighted by Crippen LogP contribution is -2.12. The van der Waals surface area contributed by atoms with E-state index in [1.807, 2.05) is 28.9 Å². The molecule has 3 aromatic heterocycles. The van der Waals surface area contributed by atoms with Gasteiger partial charge in [-0.3, -0.25) is 9.89 Å². The van der Waals surface area contributed by atoms with Gasteiger partial charge in [0, 0.05) is 30.1 Å². The molecule has 3 heterocycles. The summed E-state index contributed by atoms with van der Waals surface area (Å²) in [6.07, 6.45) is 3.72. The lowest BCUT2D eigenvalue weighted by molar-refractivity contribution is 0.102. The Morgan fingerprint density at radius 2 is 2.04 bits per heavy atom. The van der Waals surface area contributed by atoms with Gasteiger partial charge in [0.25, 0.3) is 5.91 Å². The number of benzene rings is 1. The van der Waals surface area contributed by atoms with Gasteiger partial charge in [0.15, 0.2) is 5.82 Å². The predicted octanol–water partition coefficient (Wildman–Crippen LogP) is 3.65. The molecule has 4 aromatic rings. The van der Waals surface area contributed by atoms with Crippen LogP contribution in [0.3, 0.4) is 0 Å². The number of amides is 1. The average molecular weight is 398 g/mol. The molecule has 0 aliphatic heterocycles. The van der Waals surface area contributed by atoms with E-state index in [4.69, 9.17) is 21.1 Å². The molecule has 0 unspecified atom stereocenters. The van der Waals surface area contributed by atoms with Gasteiger partial charge < -0.3 is 19.2 Å². The lowest BCUT2D eigenvalue weighted by Gasteiger charge is -2.05. The van der Waals surface area contributed by atoms with Crippen LogP contribution in [0.25, 0.3) is 17.0 Å². The van der Waals surface area contributed by atoms with Crippen LogP contribution in [0.4, 0.5) is 5.82 Å². The topological polar surface area (TPSA) is 93.5 Å². The van der Waals surface area contributed by atoms with Crippen molar-refractivity contribution < 1.29 is 14.3 Å². The third-order valence-electron chi connectivity index (χ3n) is 4.18. The summed E-state index contributed by atoms with van der Waals surface area (Å²) in [6.45, 7) is 0. The lowest BCUT2D eigenvalue weighted by atomic mass is 10.2. The second kappa shape index (κ2) is 7.24.